The molecule has 0 aliphatic carbocycles. The Bertz CT molecular complexity index is 829. The van der Waals surface area contributed by atoms with Crippen LogP contribution in [0.25, 0.3) is 22.2 Å². The van der Waals surface area contributed by atoms with E-state index >= 15 is 0 Å². The van der Waals surface area contributed by atoms with Crippen molar-refractivity contribution in [3.63, 3.8) is 0 Å². The molecule has 0 unspecified atom stereocenters. The fraction of sp³-hybridized carbons (Fsp3) is 0.211. The summed E-state index contributed by atoms with van der Waals surface area (Å²) >= 11 is 0. The van der Waals surface area contributed by atoms with Crippen LogP contribution in [0.15, 0.2) is 54.9 Å². The summed E-state index contributed by atoms with van der Waals surface area (Å²) in [7, 11) is 0. The minimum atomic E-state index is -0.538. The van der Waals surface area contributed by atoms with Crippen LogP contribution in [0.2, 0.25) is 0 Å². The molecule has 5 nitrogen and oxygen atoms in total. The molecule has 24 heavy (non-hydrogen) atoms. The molecule has 1 aromatic heterocycles. The molecule has 0 saturated carbocycles. The SMILES string of the molecule is CCCCOOC(=O)c1cccc2ncnc(-c3ccccc3)c12. The molecule has 3 rings (SSSR count). The van der Waals surface area contributed by atoms with Crippen molar-refractivity contribution in [1.29, 1.82) is 0 Å². The molecule has 122 valence electrons. The summed E-state index contributed by atoms with van der Waals surface area (Å²) in [6.07, 6.45) is 3.30. The third-order valence-electron chi connectivity index (χ3n) is 3.65. The lowest BCUT2D eigenvalue weighted by atomic mass is 10.0. The Hall–Kier alpha value is -2.79. The molecule has 2 aromatic carbocycles. The van der Waals surface area contributed by atoms with Gasteiger partial charge in [0.1, 0.15) is 6.33 Å². The molecule has 0 spiro atoms. The normalized spacial score (nSPS) is 10.7. The van der Waals surface area contributed by atoms with Gasteiger partial charge in [0.15, 0.2) is 0 Å². The van der Waals surface area contributed by atoms with Crippen molar-refractivity contribution in [3.8, 4) is 11.3 Å². The highest BCUT2D eigenvalue weighted by atomic mass is 17.2. The van der Waals surface area contributed by atoms with E-state index in [1.807, 2.05) is 43.3 Å². The predicted octanol–water partition coefficient (Wildman–Crippen LogP) is 4.19. The van der Waals surface area contributed by atoms with Gasteiger partial charge in [-0.05, 0) is 18.6 Å². The van der Waals surface area contributed by atoms with E-state index in [4.69, 9.17) is 9.78 Å². The quantitative estimate of drug-likeness (QED) is 0.387. The number of unbranched alkanes of at least 4 members (excludes halogenated alkanes) is 1. The first-order chi connectivity index (χ1) is 11.8. The van der Waals surface area contributed by atoms with Crippen LogP contribution in [0.3, 0.4) is 0 Å². The maximum absolute atomic E-state index is 12.4. The molecule has 0 atom stereocenters. The number of carbonyl (C=O) groups is 1. The second-order valence-electron chi connectivity index (χ2n) is 5.33. The molecular weight excluding hydrogens is 304 g/mol. The number of rotatable bonds is 6. The van der Waals surface area contributed by atoms with Crippen molar-refractivity contribution in [1.82, 2.24) is 9.97 Å². The number of hydrogen-bond acceptors (Lipinski definition) is 5. The molecule has 0 N–H and O–H groups in total. The molecular formula is C19H18N2O3. The van der Waals surface area contributed by atoms with E-state index in [1.54, 1.807) is 12.1 Å². The molecule has 0 fully saturated rings. The van der Waals surface area contributed by atoms with Gasteiger partial charge in [-0.25, -0.2) is 14.8 Å². The first kappa shape index (κ1) is 16.1. The minimum Gasteiger partial charge on any atom is -0.293 e. The van der Waals surface area contributed by atoms with E-state index < -0.39 is 5.97 Å². The zero-order chi connectivity index (χ0) is 16.8. The van der Waals surface area contributed by atoms with E-state index in [1.165, 1.54) is 6.33 Å². The van der Waals surface area contributed by atoms with E-state index in [-0.39, 0.29) is 0 Å². The number of aromatic nitrogens is 2. The largest absolute Gasteiger partial charge is 0.373 e. The van der Waals surface area contributed by atoms with Gasteiger partial charge in [0, 0.05) is 10.9 Å². The first-order valence-corrected chi connectivity index (χ1v) is 7.94. The molecule has 0 saturated heterocycles. The average molecular weight is 322 g/mol. The Morgan fingerprint density at radius 1 is 1.04 bits per heavy atom. The van der Waals surface area contributed by atoms with Crippen LogP contribution < -0.4 is 0 Å². The monoisotopic (exact) mass is 322 g/mol. The van der Waals surface area contributed by atoms with Gasteiger partial charge in [-0.15, -0.1) is 0 Å². The Balaban J connectivity index is 2.01. The van der Waals surface area contributed by atoms with Crippen LogP contribution in [-0.2, 0) is 9.78 Å². The zero-order valence-electron chi connectivity index (χ0n) is 13.4. The fourth-order valence-corrected chi connectivity index (χ4v) is 2.44. The Morgan fingerprint density at radius 2 is 1.88 bits per heavy atom. The van der Waals surface area contributed by atoms with Crippen LogP contribution >= 0.6 is 0 Å². The van der Waals surface area contributed by atoms with Crippen molar-refractivity contribution in [2.75, 3.05) is 6.61 Å². The van der Waals surface area contributed by atoms with Gasteiger partial charge >= 0.3 is 5.97 Å². The highest BCUT2D eigenvalue weighted by Gasteiger charge is 2.17. The van der Waals surface area contributed by atoms with Gasteiger partial charge in [0.05, 0.1) is 23.4 Å². The number of benzene rings is 2. The topological polar surface area (TPSA) is 61.3 Å². The lowest BCUT2D eigenvalue weighted by Crippen LogP contribution is -2.08. The Morgan fingerprint density at radius 3 is 2.67 bits per heavy atom. The Labute approximate surface area is 140 Å². The van der Waals surface area contributed by atoms with Gasteiger partial charge in [-0.3, -0.25) is 4.89 Å². The van der Waals surface area contributed by atoms with Gasteiger partial charge in [-0.2, -0.15) is 4.89 Å². The van der Waals surface area contributed by atoms with E-state index in [2.05, 4.69) is 9.97 Å². The standard InChI is InChI=1S/C19H18N2O3/c1-2-3-12-23-24-19(22)15-10-7-11-16-17(15)18(21-13-20-16)14-8-5-4-6-9-14/h4-11,13H,2-3,12H2,1H3. The van der Waals surface area contributed by atoms with Crippen molar-refractivity contribution < 1.29 is 14.6 Å². The number of hydrogen-bond donors (Lipinski definition) is 0. The van der Waals surface area contributed by atoms with Gasteiger partial charge in [0.25, 0.3) is 0 Å². The third kappa shape index (κ3) is 3.41. The maximum atomic E-state index is 12.4. The average Bonchev–Trinajstić information content (AvgIpc) is 2.65. The number of fused-ring (bicyclic) bond motifs is 1. The van der Waals surface area contributed by atoms with Crippen LogP contribution in [0.4, 0.5) is 0 Å². The molecule has 0 aliphatic heterocycles. The second-order valence-corrected chi connectivity index (χ2v) is 5.33. The molecule has 0 bridgehead atoms. The highest BCUT2D eigenvalue weighted by Crippen LogP contribution is 2.28. The highest BCUT2D eigenvalue weighted by molar-refractivity contribution is 6.08. The number of nitrogens with zero attached hydrogens (tertiary/aromatic N) is 2. The summed E-state index contributed by atoms with van der Waals surface area (Å²) in [5.74, 6) is -0.538. The predicted molar refractivity (Wildman–Crippen MR) is 91.2 cm³/mol. The number of carbonyl (C=O) groups excluding carboxylic acids is 1. The summed E-state index contributed by atoms with van der Waals surface area (Å²) in [5.41, 5.74) is 2.69. The van der Waals surface area contributed by atoms with Crippen LogP contribution in [0, 0.1) is 0 Å². The van der Waals surface area contributed by atoms with Crippen molar-refractivity contribution >= 4 is 16.9 Å². The summed E-state index contributed by atoms with van der Waals surface area (Å²) in [5, 5.41) is 0.662. The van der Waals surface area contributed by atoms with Crippen LogP contribution in [0.1, 0.15) is 30.1 Å². The van der Waals surface area contributed by atoms with Crippen molar-refractivity contribution in [3.05, 3.63) is 60.4 Å². The summed E-state index contributed by atoms with van der Waals surface area (Å²) in [6, 6.07) is 15.0. The second kappa shape index (κ2) is 7.66. The fourth-order valence-electron chi connectivity index (χ4n) is 2.44. The molecule has 0 radical (unpaired) electrons. The smallest absolute Gasteiger partial charge is 0.293 e. The molecule has 1 heterocycles. The van der Waals surface area contributed by atoms with Crippen LogP contribution in [0.5, 0.6) is 0 Å². The minimum absolute atomic E-state index is 0.384. The lowest BCUT2D eigenvalue weighted by molar-refractivity contribution is -0.241. The van der Waals surface area contributed by atoms with Gasteiger partial charge < -0.3 is 0 Å². The summed E-state index contributed by atoms with van der Waals surface area (Å²) < 4.78 is 0. The molecule has 0 amide bonds. The maximum Gasteiger partial charge on any atom is 0.373 e. The molecule has 0 aliphatic rings. The van der Waals surface area contributed by atoms with Crippen LogP contribution in [-0.4, -0.2) is 22.5 Å². The van der Waals surface area contributed by atoms with Gasteiger partial charge in [0.2, 0.25) is 0 Å². The van der Waals surface area contributed by atoms with E-state index in [0.29, 0.717) is 28.8 Å². The van der Waals surface area contributed by atoms with E-state index in [0.717, 1.165) is 18.4 Å². The summed E-state index contributed by atoms with van der Waals surface area (Å²) in [6.45, 7) is 2.43. The van der Waals surface area contributed by atoms with Crippen molar-refractivity contribution in [2.45, 2.75) is 19.8 Å². The van der Waals surface area contributed by atoms with E-state index in [9.17, 15) is 4.79 Å². The molecule has 3 aromatic rings. The lowest BCUT2D eigenvalue weighted by Gasteiger charge is -2.09. The third-order valence-corrected chi connectivity index (χ3v) is 3.65. The summed E-state index contributed by atoms with van der Waals surface area (Å²) in [4.78, 5) is 31.0. The molecule has 5 heteroatoms. The van der Waals surface area contributed by atoms with Crippen molar-refractivity contribution in [2.24, 2.45) is 0 Å². The first-order valence-electron chi connectivity index (χ1n) is 7.94. The van der Waals surface area contributed by atoms with Gasteiger partial charge in [-0.1, -0.05) is 49.7 Å². The zero-order valence-corrected chi connectivity index (χ0v) is 13.4. The Kier molecular flexibility index (Phi) is 5.13.